The van der Waals surface area contributed by atoms with E-state index in [9.17, 15) is 19.5 Å². The van der Waals surface area contributed by atoms with Gasteiger partial charge in [0.2, 0.25) is 11.8 Å². The zero-order chi connectivity index (χ0) is 54.2. The third-order valence-electron chi connectivity index (χ3n) is 17.9. The Morgan fingerprint density at radius 2 is 1.65 bits per heavy atom. The number of carbonyl (C=O) groups is 2. The van der Waals surface area contributed by atoms with E-state index in [4.69, 9.17) is 22.3 Å². The Bertz CT molecular complexity index is 3010. The Hall–Kier alpha value is -5.12. The number of amides is 2. The third-order valence-corrected chi connectivity index (χ3v) is 19.2. The summed E-state index contributed by atoms with van der Waals surface area (Å²) < 4.78 is 2.27. The summed E-state index contributed by atoms with van der Waals surface area (Å²) in [6.45, 7) is 14.9. The molecule has 2 saturated carbocycles. The van der Waals surface area contributed by atoms with E-state index < -0.39 is 17.7 Å². The molecule has 5 N–H and O–H groups in total. The molecule has 13 nitrogen and oxygen atoms in total. The fourth-order valence-corrected chi connectivity index (χ4v) is 14.7. The van der Waals surface area contributed by atoms with Crippen molar-refractivity contribution in [2.24, 2.45) is 17.1 Å². The number of rotatable bonds is 12. The van der Waals surface area contributed by atoms with Crippen LogP contribution in [0.1, 0.15) is 164 Å². The summed E-state index contributed by atoms with van der Waals surface area (Å²) in [5, 5.41) is 18.0. The Kier molecular flexibility index (Phi) is 16.4. The van der Waals surface area contributed by atoms with Gasteiger partial charge in [0.25, 0.3) is 5.56 Å². The van der Waals surface area contributed by atoms with E-state index in [1.54, 1.807) is 22.3 Å². The number of carbonyl (C=O) groups excluding carboxylic acids is 2. The molecule has 1 spiro atoms. The average Bonchev–Trinajstić information content (AvgIpc) is 4.17. The zero-order valence-corrected chi connectivity index (χ0v) is 48.0. The summed E-state index contributed by atoms with van der Waals surface area (Å²) in [4.78, 5) is 57.8. The van der Waals surface area contributed by atoms with Crippen molar-refractivity contribution in [2.45, 2.75) is 166 Å². The molecule has 412 valence electrons. The smallest absolute Gasteiger partial charge is 0.282 e. The Labute approximate surface area is 465 Å². The summed E-state index contributed by atoms with van der Waals surface area (Å²) in [6.07, 6.45) is 18.0. The van der Waals surface area contributed by atoms with Gasteiger partial charge in [0.15, 0.2) is 0 Å². The number of nitrogens with one attached hydrogen (secondary N) is 2. The van der Waals surface area contributed by atoms with Crippen LogP contribution < -0.4 is 21.9 Å². The van der Waals surface area contributed by atoms with Gasteiger partial charge in [-0.3, -0.25) is 23.9 Å². The molecule has 6 aliphatic rings. The number of hydrogen-bond acceptors (Lipinski definition) is 11. The van der Waals surface area contributed by atoms with Crippen molar-refractivity contribution in [1.29, 1.82) is 0 Å². The van der Waals surface area contributed by atoms with E-state index in [-0.39, 0.29) is 34.2 Å². The molecular weight excluding hydrogens is 1000 g/mol. The predicted octanol–water partition coefficient (Wildman–Crippen LogP) is 10.5. The minimum atomic E-state index is -0.647. The average molecular weight is 1080 g/mol. The van der Waals surface area contributed by atoms with E-state index in [2.05, 4.69) is 100 Å². The first kappa shape index (κ1) is 55.2. The van der Waals surface area contributed by atoms with Gasteiger partial charge < -0.3 is 31.3 Å². The summed E-state index contributed by atoms with van der Waals surface area (Å²) in [6, 6.07) is 20.0. The summed E-state index contributed by atoms with van der Waals surface area (Å²) in [5.74, 6) is 1.72. The SMILES string of the molecule is CN1CCC(c2ccc3c(c2)-n2c(nc(=O)c4c(Cl)cccc42)C32CCCCC2)CC1.Cc1ncsc1-c1ccc(C(CCN2CC(C)(O)C2)NC(=O)C2CCCN2C(=O)C(N/C=C(\N)C2CCCCC2)C(C)(C)C)cc1. The normalized spacial score (nSPS) is 21.7. The molecule has 11 rings (SSSR count). The molecule has 3 saturated heterocycles. The topological polar surface area (TPSA) is 162 Å². The van der Waals surface area contributed by atoms with Gasteiger partial charge in [0.1, 0.15) is 17.9 Å². The number of likely N-dealkylation sites (tertiary alicyclic amines) is 3. The highest BCUT2D eigenvalue weighted by molar-refractivity contribution is 7.13. The first-order valence-electron chi connectivity index (χ1n) is 28.7. The molecule has 0 radical (unpaired) electrons. The molecule has 5 aromatic rings. The summed E-state index contributed by atoms with van der Waals surface area (Å²) in [5.41, 5.74) is 15.8. The lowest BCUT2D eigenvalue weighted by atomic mass is 9.69. The number of hydrogen-bond donors (Lipinski definition) is 4. The number of thiazole rings is 1. The van der Waals surface area contributed by atoms with E-state index in [1.165, 1.54) is 68.2 Å². The first-order valence-corrected chi connectivity index (χ1v) is 30.0. The van der Waals surface area contributed by atoms with Crippen LogP contribution in [0.3, 0.4) is 0 Å². The highest BCUT2D eigenvalue weighted by atomic mass is 35.5. The first-order chi connectivity index (χ1) is 36.9. The lowest BCUT2D eigenvalue weighted by Crippen LogP contribution is -2.60. The number of aromatic nitrogens is 3. The molecule has 4 aliphatic heterocycles. The lowest BCUT2D eigenvalue weighted by Gasteiger charge is -2.44. The molecule has 2 aliphatic carbocycles. The Morgan fingerprint density at radius 3 is 2.32 bits per heavy atom. The van der Waals surface area contributed by atoms with Crippen LogP contribution in [0, 0.1) is 18.3 Å². The van der Waals surface area contributed by atoms with Crippen molar-refractivity contribution in [3.05, 3.63) is 122 Å². The monoisotopic (exact) mass is 1080 g/mol. The van der Waals surface area contributed by atoms with E-state index >= 15 is 0 Å². The number of nitrogens with two attached hydrogens (primary N) is 1. The molecule has 0 bridgehead atoms. The van der Waals surface area contributed by atoms with E-state index in [0.29, 0.717) is 54.7 Å². The van der Waals surface area contributed by atoms with Gasteiger partial charge in [-0.15, -0.1) is 11.3 Å². The van der Waals surface area contributed by atoms with Crippen molar-refractivity contribution in [3.63, 3.8) is 0 Å². The number of nitrogens with zero attached hydrogens (tertiary/aromatic N) is 6. The molecule has 15 heteroatoms. The van der Waals surface area contributed by atoms with Gasteiger partial charge in [0.05, 0.1) is 54.8 Å². The van der Waals surface area contributed by atoms with Gasteiger partial charge >= 0.3 is 0 Å². The molecule has 77 heavy (non-hydrogen) atoms. The molecule has 5 fully saturated rings. The molecule has 2 amide bonds. The highest BCUT2D eigenvalue weighted by Crippen LogP contribution is 2.52. The zero-order valence-electron chi connectivity index (χ0n) is 46.4. The minimum Gasteiger partial charge on any atom is -0.401 e. The molecular formula is C62H82ClN9O4S. The number of halogens is 1. The van der Waals surface area contributed by atoms with Crippen molar-refractivity contribution in [1.82, 2.24) is 39.9 Å². The van der Waals surface area contributed by atoms with Crippen molar-refractivity contribution >= 4 is 45.7 Å². The number of fused-ring (bicyclic) bond motifs is 7. The summed E-state index contributed by atoms with van der Waals surface area (Å²) >= 11 is 8.10. The largest absolute Gasteiger partial charge is 0.401 e. The van der Waals surface area contributed by atoms with E-state index in [0.717, 1.165) is 90.5 Å². The number of piperidine rings is 1. The number of benzene rings is 3. The van der Waals surface area contributed by atoms with Gasteiger partial charge in [-0.2, -0.15) is 4.98 Å². The fourth-order valence-electron chi connectivity index (χ4n) is 13.6. The maximum atomic E-state index is 14.1. The predicted molar refractivity (Wildman–Crippen MR) is 310 cm³/mol. The van der Waals surface area contributed by atoms with Gasteiger partial charge in [-0.1, -0.05) is 113 Å². The van der Waals surface area contributed by atoms with Crippen molar-refractivity contribution in [3.8, 4) is 16.1 Å². The van der Waals surface area contributed by atoms with Crippen LogP contribution in [0.5, 0.6) is 0 Å². The number of allylic oxidation sites excluding steroid dienone is 1. The maximum absolute atomic E-state index is 14.1. The van der Waals surface area contributed by atoms with Crippen LogP contribution >= 0.6 is 22.9 Å². The number of aliphatic hydroxyl groups is 1. The Balaban J connectivity index is 0.000000187. The second kappa shape index (κ2) is 22.9. The fraction of sp³-hybridized carbons (Fsp3) is 0.565. The second-order valence-corrected chi connectivity index (χ2v) is 26.0. The van der Waals surface area contributed by atoms with Crippen LogP contribution in [0.2, 0.25) is 5.02 Å². The molecule has 3 aromatic carbocycles. The van der Waals surface area contributed by atoms with Crippen molar-refractivity contribution in [2.75, 3.05) is 46.3 Å². The number of β-amino-alcohol motifs (C(OH)–C–C–N with tert-alkyl or cyclic N) is 1. The quantitative estimate of drug-likeness (QED) is 0.0946. The molecule has 3 unspecified atom stereocenters. The number of aryl methyl sites for hydroxylation is 1. The van der Waals surface area contributed by atoms with Gasteiger partial charge in [-0.25, -0.2) is 4.98 Å². The van der Waals surface area contributed by atoms with E-state index in [1.807, 2.05) is 37.7 Å². The lowest BCUT2D eigenvalue weighted by molar-refractivity contribution is -0.142. The Morgan fingerprint density at radius 1 is 0.935 bits per heavy atom. The highest BCUT2D eigenvalue weighted by Gasteiger charge is 2.47. The third kappa shape index (κ3) is 11.7. The molecule has 3 atom stereocenters. The van der Waals surface area contributed by atoms with Gasteiger partial charge in [0, 0.05) is 38.1 Å². The second-order valence-electron chi connectivity index (χ2n) is 24.8. The molecule has 6 heterocycles. The minimum absolute atomic E-state index is 0.0542. The van der Waals surface area contributed by atoms with Crippen LogP contribution in [-0.4, -0.2) is 110 Å². The van der Waals surface area contributed by atoms with Crippen LogP contribution in [-0.2, 0) is 15.0 Å². The molecule has 2 aromatic heterocycles. The maximum Gasteiger partial charge on any atom is 0.282 e. The van der Waals surface area contributed by atoms with Crippen molar-refractivity contribution < 1.29 is 14.7 Å². The van der Waals surface area contributed by atoms with Crippen LogP contribution in [0.15, 0.2) is 82.9 Å². The van der Waals surface area contributed by atoms with Crippen LogP contribution in [0.25, 0.3) is 27.0 Å². The van der Waals surface area contributed by atoms with Crippen LogP contribution in [0.4, 0.5) is 0 Å². The standard InChI is InChI=1S/C36H54N6O3S.C26H28ClN3O/c1-24-31(46-23-39-24)27-15-13-26(14-16-27)29(17-19-41-21-36(5,45)22-41)40-33(43)30-12-9-18-42(30)34(44)32(35(2,3)4)38-20-28(37)25-10-7-6-8-11-25;1-29-14-10-17(11-15-29)18-8-9-19-22(16-18)30-21-7-5-6-20(27)23(21)24(31)28-25(30)26(19)12-3-2-4-13-26/h13-16,20,23,25,29-30,32,38,45H,6-12,17-19,21-22,37H2,1-5H3,(H,40,43);5-9,16-17H,2-4,10-15H2,1H3/b28-20-;. The summed E-state index contributed by atoms with van der Waals surface area (Å²) in [7, 11) is 2.21. The van der Waals surface area contributed by atoms with Gasteiger partial charge in [-0.05, 0) is 149 Å².